The first kappa shape index (κ1) is 22.6. The second-order valence-corrected chi connectivity index (χ2v) is 7.00. The highest BCUT2D eigenvalue weighted by molar-refractivity contribution is 5.85. The SMILES string of the molecule is CCOc1nc2c(c(=O)n(C)c(=O)n2C)n1CCCC(=O)N/N=C/c1ccc(O)cc1O. The molecule has 0 bridgehead atoms. The molecule has 1 aromatic carbocycles. The van der Waals surface area contributed by atoms with Crippen LogP contribution in [0.15, 0.2) is 32.9 Å². The Balaban J connectivity index is 1.71. The average Bonchev–Trinajstić information content (AvgIpc) is 3.11. The number of nitrogens with zero attached hydrogens (tertiary/aromatic N) is 5. The van der Waals surface area contributed by atoms with Crippen LogP contribution in [0.1, 0.15) is 25.3 Å². The first-order chi connectivity index (χ1) is 15.2. The van der Waals surface area contributed by atoms with E-state index in [1.165, 1.54) is 37.0 Å². The molecule has 170 valence electrons. The van der Waals surface area contributed by atoms with E-state index >= 15 is 0 Å². The number of rotatable bonds is 8. The Morgan fingerprint density at radius 1 is 1.25 bits per heavy atom. The number of amides is 1. The minimum atomic E-state index is -0.496. The highest BCUT2D eigenvalue weighted by Gasteiger charge is 2.20. The topological polar surface area (TPSA) is 153 Å². The zero-order valence-electron chi connectivity index (χ0n) is 17.9. The van der Waals surface area contributed by atoms with Crippen molar-refractivity contribution in [1.82, 2.24) is 24.1 Å². The van der Waals surface area contributed by atoms with E-state index in [2.05, 4.69) is 15.5 Å². The molecule has 3 rings (SSSR count). The molecular weight excluding hydrogens is 420 g/mol. The van der Waals surface area contributed by atoms with Gasteiger partial charge in [0, 0.05) is 38.7 Å². The van der Waals surface area contributed by atoms with Crippen LogP contribution in [-0.4, -0.2) is 47.6 Å². The molecular formula is C20H24N6O6. The number of hydrogen-bond donors (Lipinski definition) is 3. The van der Waals surface area contributed by atoms with Crippen molar-refractivity contribution in [2.24, 2.45) is 19.2 Å². The minimum absolute atomic E-state index is 0.0861. The molecule has 0 atom stereocenters. The summed E-state index contributed by atoms with van der Waals surface area (Å²) in [6, 6.07) is 4.19. The van der Waals surface area contributed by atoms with Crippen LogP contribution in [0.4, 0.5) is 0 Å². The average molecular weight is 444 g/mol. The summed E-state index contributed by atoms with van der Waals surface area (Å²) in [4.78, 5) is 41.2. The van der Waals surface area contributed by atoms with Gasteiger partial charge in [0.1, 0.15) is 11.5 Å². The summed E-state index contributed by atoms with van der Waals surface area (Å²) < 4.78 is 9.36. The Morgan fingerprint density at radius 2 is 2.00 bits per heavy atom. The number of fused-ring (bicyclic) bond motifs is 1. The van der Waals surface area contributed by atoms with Gasteiger partial charge in [-0.25, -0.2) is 10.2 Å². The molecule has 2 aromatic heterocycles. The van der Waals surface area contributed by atoms with Crippen molar-refractivity contribution in [2.45, 2.75) is 26.3 Å². The van der Waals surface area contributed by atoms with E-state index in [0.29, 0.717) is 18.6 Å². The lowest BCUT2D eigenvalue weighted by Gasteiger charge is -2.09. The number of benzene rings is 1. The number of carbonyl (C=O) groups is 1. The van der Waals surface area contributed by atoms with E-state index < -0.39 is 11.2 Å². The van der Waals surface area contributed by atoms with Gasteiger partial charge >= 0.3 is 5.69 Å². The third-order valence-corrected chi connectivity index (χ3v) is 4.78. The Bertz CT molecular complexity index is 1300. The van der Waals surface area contributed by atoms with E-state index in [0.717, 1.165) is 10.6 Å². The third-order valence-electron chi connectivity index (χ3n) is 4.78. The number of ether oxygens (including phenoxy) is 1. The molecule has 0 spiro atoms. The zero-order valence-corrected chi connectivity index (χ0v) is 17.9. The quantitative estimate of drug-likeness (QED) is 0.331. The number of hydrogen-bond acceptors (Lipinski definition) is 8. The van der Waals surface area contributed by atoms with Gasteiger partial charge in [-0.2, -0.15) is 10.1 Å². The van der Waals surface area contributed by atoms with Gasteiger partial charge < -0.3 is 14.9 Å². The van der Waals surface area contributed by atoms with Crippen LogP contribution >= 0.6 is 0 Å². The van der Waals surface area contributed by atoms with Gasteiger partial charge in [-0.15, -0.1) is 0 Å². The fraction of sp³-hybridized carbons (Fsp3) is 0.350. The van der Waals surface area contributed by atoms with Crippen LogP contribution in [0.25, 0.3) is 11.2 Å². The summed E-state index contributed by atoms with van der Waals surface area (Å²) in [5, 5.41) is 22.8. The normalized spacial score (nSPS) is 11.3. The highest BCUT2D eigenvalue weighted by Crippen LogP contribution is 2.21. The fourth-order valence-electron chi connectivity index (χ4n) is 3.14. The van der Waals surface area contributed by atoms with E-state index in [1.54, 1.807) is 11.5 Å². The second kappa shape index (κ2) is 9.37. The van der Waals surface area contributed by atoms with Gasteiger partial charge in [0.25, 0.3) is 11.6 Å². The van der Waals surface area contributed by atoms with Gasteiger partial charge in [0.15, 0.2) is 11.2 Å². The summed E-state index contributed by atoms with van der Waals surface area (Å²) in [7, 11) is 2.91. The zero-order chi connectivity index (χ0) is 23.4. The molecule has 0 aliphatic carbocycles. The number of hydrazone groups is 1. The maximum atomic E-state index is 12.7. The number of phenolic OH excluding ortho intramolecular Hbond substituents is 2. The molecule has 0 aliphatic heterocycles. The molecule has 3 N–H and O–H groups in total. The monoisotopic (exact) mass is 444 g/mol. The van der Waals surface area contributed by atoms with Crippen molar-refractivity contribution in [3.63, 3.8) is 0 Å². The van der Waals surface area contributed by atoms with E-state index in [9.17, 15) is 24.6 Å². The molecule has 0 aliphatic rings. The van der Waals surface area contributed by atoms with Crippen molar-refractivity contribution in [1.29, 1.82) is 0 Å². The van der Waals surface area contributed by atoms with Gasteiger partial charge in [-0.1, -0.05) is 0 Å². The third kappa shape index (κ3) is 4.48. The lowest BCUT2D eigenvalue weighted by Crippen LogP contribution is -2.37. The van der Waals surface area contributed by atoms with Crippen molar-refractivity contribution >= 4 is 23.3 Å². The lowest BCUT2D eigenvalue weighted by molar-refractivity contribution is -0.121. The standard InChI is InChI=1S/C20H24N6O6/c1-4-32-19-22-17-16(18(30)25(3)20(31)24(17)2)26(19)9-5-6-15(29)23-21-11-12-7-8-13(27)10-14(12)28/h7-8,10-11,27-28H,4-6,9H2,1-3H3,(H,23,29)/b21-11+. The van der Waals surface area contributed by atoms with Crippen LogP contribution in [0.5, 0.6) is 17.5 Å². The second-order valence-electron chi connectivity index (χ2n) is 7.00. The van der Waals surface area contributed by atoms with Crippen LogP contribution in [0, 0.1) is 0 Å². The van der Waals surface area contributed by atoms with Crippen LogP contribution in [0.2, 0.25) is 0 Å². The molecule has 0 fully saturated rings. The Kier molecular flexibility index (Phi) is 6.61. The van der Waals surface area contributed by atoms with Gasteiger partial charge in [0.2, 0.25) is 5.91 Å². The Morgan fingerprint density at radius 3 is 2.69 bits per heavy atom. The van der Waals surface area contributed by atoms with Crippen LogP contribution in [0.3, 0.4) is 0 Å². The van der Waals surface area contributed by atoms with Crippen molar-refractivity contribution in [3.8, 4) is 17.5 Å². The van der Waals surface area contributed by atoms with Crippen molar-refractivity contribution in [3.05, 3.63) is 44.6 Å². The maximum Gasteiger partial charge on any atom is 0.332 e. The van der Waals surface area contributed by atoms with Crippen LogP contribution in [-0.2, 0) is 25.4 Å². The number of aromatic hydroxyl groups is 2. The summed E-state index contributed by atoms with van der Waals surface area (Å²) in [6.45, 7) is 2.35. The summed E-state index contributed by atoms with van der Waals surface area (Å²) in [5.41, 5.74) is 2.13. The number of phenols is 2. The van der Waals surface area contributed by atoms with Crippen molar-refractivity contribution in [2.75, 3.05) is 6.61 Å². The summed E-state index contributed by atoms with van der Waals surface area (Å²) in [6.07, 6.45) is 1.70. The maximum absolute atomic E-state index is 12.7. The predicted molar refractivity (Wildman–Crippen MR) is 116 cm³/mol. The van der Waals surface area contributed by atoms with E-state index in [-0.39, 0.29) is 47.5 Å². The summed E-state index contributed by atoms with van der Waals surface area (Å²) >= 11 is 0. The van der Waals surface area contributed by atoms with E-state index in [1.807, 2.05) is 0 Å². The molecule has 0 radical (unpaired) electrons. The highest BCUT2D eigenvalue weighted by atomic mass is 16.5. The molecule has 12 heteroatoms. The van der Waals surface area contributed by atoms with Crippen molar-refractivity contribution < 1.29 is 19.7 Å². The largest absolute Gasteiger partial charge is 0.508 e. The number of carbonyl (C=O) groups excluding carboxylic acids is 1. The number of imidazole rings is 1. The molecule has 1 amide bonds. The molecule has 0 saturated heterocycles. The molecule has 0 saturated carbocycles. The number of nitrogens with one attached hydrogen (secondary N) is 1. The Hall–Kier alpha value is -4.09. The molecule has 2 heterocycles. The lowest BCUT2D eigenvalue weighted by atomic mass is 10.2. The van der Waals surface area contributed by atoms with Gasteiger partial charge in [0.05, 0.1) is 12.8 Å². The molecule has 12 nitrogen and oxygen atoms in total. The molecule has 0 unspecified atom stereocenters. The Labute approximate surface area is 182 Å². The first-order valence-electron chi connectivity index (χ1n) is 9.87. The predicted octanol–water partition coefficient (Wildman–Crippen LogP) is 0.174. The smallest absolute Gasteiger partial charge is 0.332 e. The fourth-order valence-corrected chi connectivity index (χ4v) is 3.14. The van der Waals surface area contributed by atoms with Gasteiger partial charge in [-0.3, -0.25) is 23.3 Å². The molecule has 32 heavy (non-hydrogen) atoms. The van der Waals surface area contributed by atoms with Crippen LogP contribution < -0.4 is 21.4 Å². The molecule has 3 aromatic rings. The van der Waals surface area contributed by atoms with Gasteiger partial charge in [-0.05, 0) is 25.5 Å². The summed E-state index contributed by atoms with van der Waals surface area (Å²) in [5.74, 6) is -0.631. The minimum Gasteiger partial charge on any atom is -0.508 e. The number of aryl methyl sites for hydroxylation is 2. The number of aromatic nitrogens is 4. The van der Waals surface area contributed by atoms with E-state index in [4.69, 9.17) is 4.74 Å². The first-order valence-corrected chi connectivity index (χ1v) is 9.87.